The Morgan fingerprint density at radius 1 is 0.704 bits per heavy atom. The molecule has 0 aliphatic heterocycles. The van der Waals surface area contributed by atoms with Crippen LogP contribution in [0.15, 0.2) is 48.6 Å². The number of primary amides is 2. The number of aromatic nitrogens is 8. The van der Waals surface area contributed by atoms with Gasteiger partial charge in [0.25, 0.3) is 11.4 Å². The summed E-state index contributed by atoms with van der Waals surface area (Å²) < 4.78 is 18.2. The molecule has 0 spiro atoms. The zero-order valence-electron chi connectivity index (χ0n) is 30.7. The summed E-state index contributed by atoms with van der Waals surface area (Å²) in [4.78, 5) is 60.7. The Bertz CT molecular complexity index is 2310. The molecular weight excluding hydrogens is 696 g/mol. The summed E-state index contributed by atoms with van der Waals surface area (Å²) in [5.41, 5.74) is 15.8. The lowest BCUT2D eigenvalue weighted by atomic mass is 10.1. The van der Waals surface area contributed by atoms with Gasteiger partial charge in [0.2, 0.25) is 23.7 Å². The highest BCUT2D eigenvalue weighted by atomic mass is 16.5. The topological polar surface area (TPSA) is 238 Å². The SMILES string of the molecule is CC[n+]1[nH]c(C)cc1C(=O)Nc1nc2cc(C(N)=O)cc(OC)c2n1C/C=C/Cn1c(NC(=O)c2cc(C)[nH][n+]2CC)nc2cc(C(N)=O)cc(OC)c21. The molecule has 0 saturated carbocycles. The standard InChI is InChI=1S/C36H40N12O6/c1-7-47-25(13-19(3)43-47)33(51)41-35-39-23-15-21(31(37)49)17-27(53-5)29(23)45(35)11-9-10-12-46-30-24(16-22(32(38)50)18-28(30)54-6)40-36(46)42-34(52)26-14-20(4)44-48(26)8-2/h9-10,13-18H,7-8,11-12H2,1-6H3,(H6,37,38,39,40,41,42,49,50,51,52)/p+2/b10-9+. The minimum absolute atomic E-state index is 0.189. The van der Waals surface area contributed by atoms with Gasteiger partial charge in [0.05, 0.1) is 36.6 Å². The van der Waals surface area contributed by atoms with E-state index in [1.807, 2.05) is 39.8 Å². The van der Waals surface area contributed by atoms with Crippen molar-refractivity contribution in [2.45, 2.75) is 53.9 Å². The van der Waals surface area contributed by atoms with Crippen LogP contribution in [0.25, 0.3) is 22.1 Å². The van der Waals surface area contributed by atoms with Crippen LogP contribution in [0.3, 0.4) is 0 Å². The first-order valence-corrected chi connectivity index (χ1v) is 17.1. The van der Waals surface area contributed by atoms with Gasteiger partial charge in [-0.15, -0.1) is 9.36 Å². The molecule has 0 saturated heterocycles. The van der Waals surface area contributed by atoms with Crippen molar-refractivity contribution in [2.24, 2.45) is 11.5 Å². The van der Waals surface area contributed by atoms with Gasteiger partial charge >= 0.3 is 11.8 Å². The lowest BCUT2D eigenvalue weighted by Gasteiger charge is -2.11. The molecule has 0 aliphatic rings. The van der Waals surface area contributed by atoms with Gasteiger partial charge in [-0.3, -0.25) is 29.8 Å². The third-order valence-corrected chi connectivity index (χ3v) is 8.82. The van der Waals surface area contributed by atoms with Crippen LogP contribution in [0, 0.1) is 13.8 Å². The number of fused-ring (bicyclic) bond motifs is 2. The maximum atomic E-state index is 13.6. The molecule has 4 amide bonds. The molecule has 0 bridgehead atoms. The van der Waals surface area contributed by atoms with Crippen molar-refractivity contribution in [1.29, 1.82) is 0 Å². The van der Waals surface area contributed by atoms with E-state index in [-0.39, 0.29) is 36.1 Å². The molecule has 0 fully saturated rings. The number of rotatable bonds is 14. The van der Waals surface area contributed by atoms with Crippen molar-refractivity contribution in [3.63, 3.8) is 0 Å². The number of ether oxygens (including phenoxy) is 2. The fourth-order valence-electron chi connectivity index (χ4n) is 6.34. The van der Waals surface area contributed by atoms with E-state index < -0.39 is 23.6 Å². The Labute approximate surface area is 308 Å². The lowest BCUT2D eigenvalue weighted by Crippen LogP contribution is -2.41. The van der Waals surface area contributed by atoms with E-state index in [0.29, 0.717) is 58.0 Å². The highest BCUT2D eigenvalue weighted by Gasteiger charge is 2.27. The number of H-pyrrole nitrogens is 2. The van der Waals surface area contributed by atoms with Gasteiger partial charge in [-0.2, -0.15) is 10.2 Å². The summed E-state index contributed by atoms with van der Waals surface area (Å²) in [7, 11) is 2.93. The maximum absolute atomic E-state index is 13.6. The van der Waals surface area contributed by atoms with Crippen LogP contribution in [-0.2, 0) is 26.2 Å². The number of hydrogen-bond donors (Lipinski definition) is 6. The van der Waals surface area contributed by atoms with Crippen molar-refractivity contribution in [3.8, 4) is 11.5 Å². The monoisotopic (exact) mass is 738 g/mol. The number of nitrogens with zero attached hydrogens (tertiary/aromatic N) is 6. The van der Waals surface area contributed by atoms with E-state index in [4.69, 9.17) is 20.9 Å². The van der Waals surface area contributed by atoms with Gasteiger partial charge in [-0.1, -0.05) is 12.2 Å². The lowest BCUT2D eigenvalue weighted by molar-refractivity contribution is -0.748. The normalized spacial score (nSPS) is 11.4. The second kappa shape index (κ2) is 14.9. The van der Waals surface area contributed by atoms with Crippen LogP contribution < -0.4 is 40.9 Å². The summed E-state index contributed by atoms with van der Waals surface area (Å²) in [6.45, 7) is 8.99. The average Bonchev–Trinajstić information content (AvgIpc) is 3.91. The number of amides is 4. The molecule has 4 heterocycles. The second-order valence-corrected chi connectivity index (χ2v) is 12.4. The Morgan fingerprint density at radius 2 is 1.09 bits per heavy atom. The first-order valence-electron chi connectivity index (χ1n) is 17.1. The van der Waals surface area contributed by atoms with Crippen molar-refractivity contribution >= 4 is 57.6 Å². The molecule has 4 aromatic heterocycles. The number of carbonyl (C=O) groups is 4. The molecular formula is C36H42N12O6+2. The molecule has 0 unspecified atom stereocenters. The van der Waals surface area contributed by atoms with Crippen LogP contribution in [0.4, 0.5) is 11.9 Å². The number of nitrogens with one attached hydrogen (secondary N) is 4. The number of methoxy groups -OCH3 is 2. The van der Waals surface area contributed by atoms with Crippen LogP contribution in [0.1, 0.15) is 66.9 Å². The predicted octanol–water partition coefficient (Wildman–Crippen LogP) is 2.25. The molecule has 0 radical (unpaired) electrons. The molecule has 280 valence electrons. The number of carbonyl (C=O) groups excluding carboxylic acids is 4. The van der Waals surface area contributed by atoms with Crippen LogP contribution in [0.2, 0.25) is 0 Å². The molecule has 6 rings (SSSR count). The largest absolute Gasteiger partial charge is 0.494 e. The number of imidazole rings is 2. The zero-order valence-corrected chi connectivity index (χ0v) is 30.7. The van der Waals surface area contributed by atoms with Crippen LogP contribution in [0.5, 0.6) is 11.5 Å². The van der Waals surface area contributed by atoms with Crippen molar-refractivity contribution in [1.82, 2.24) is 29.3 Å². The molecule has 0 aliphatic carbocycles. The van der Waals surface area contributed by atoms with E-state index in [1.165, 1.54) is 38.5 Å². The van der Waals surface area contributed by atoms with E-state index in [9.17, 15) is 19.2 Å². The molecule has 18 heteroatoms. The third-order valence-electron chi connectivity index (χ3n) is 8.82. The Morgan fingerprint density at radius 3 is 1.43 bits per heavy atom. The van der Waals surface area contributed by atoms with E-state index >= 15 is 0 Å². The van der Waals surface area contributed by atoms with E-state index in [1.54, 1.807) is 30.6 Å². The van der Waals surface area contributed by atoms with Crippen molar-refractivity contribution < 1.29 is 38.0 Å². The Hall–Kier alpha value is -6.98. The van der Waals surface area contributed by atoms with Crippen molar-refractivity contribution in [3.05, 3.63) is 82.5 Å². The Balaban J connectivity index is 1.39. The van der Waals surface area contributed by atoms with Crippen LogP contribution >= 0.6 is 0 Å². The molecule has 18 nitrogen and oxygen atoms in total. The Kier molecular flexibility index (Phi) is 10.2. The van der Waals surface area contributed by atoms with Gasteiger partial charge in [0.1, 0.15) is 22.5 Å². The first-order chi connectivity index (χ1) is 25.9. The summed E-state index contributed by atoms with van der Waals surface area (Å²) >= 11 is 0. The minimum atomic E-state index is -0.660. The fourth-order valence-corrected chi connectivity index (χ4v) is 6.34. The molecule has 6 aromatic rings. The number of benzene rings is 2. The van der Waals surface area contributed by atoms with Crippen molar-refractivity contribution in [2.75, 3.05) is 24.9 Å². The number of allylic oxidation sites excluding steroid dienone is 2. The van der Waals surface area contributed by atoms with E-state index in [0.717, 1.165) is 11.4 Å². The van der Waals surface area contributed by atoms with Crippen LogP contribution in [-0.4, -0.2) is 67.1 Å². The molecule has 0 atom stereocenters. The number of anilines is 2. The highest BCUT2D eigenvalue weighted by Crippen LogP contribution is 2.32. The number of nitrogens with two attached hydrogens (primary N) is 2. The van der Waals surface area contributed by atoms with E-state index in [2.05, 4.69) is 30.8 Å². The molecule has 2 aromatic carbocycles. The van der Waals surface area contributed by atoms with Gasteiger partial charge in [0.15, 0.2) is 13.1 Å². The molecule has 54 heavy (non-hydrogen) atoms. The number of hydrogen-bond acceptors (Lipinski definition) is 8. The maximum Gasteiger partial charge on any atom is 0.325 e. The van der Waals surface area contributed by atoms with Gasteiger partial charge in [-0.05, 0) is 52.0 Å². The van der Waals surface area contributed by atoms with Gasteiger partial charge in [0, 0.05) is 36.3 Å². The molecule has 8 N–H and O–H groups in total. The number of aryl methyl sites for hydroxylation is 4. The van der Waals surface area contributed by atoms with Gasteiger partial charge < -0.3 is 30.1 Å². The quantitative estimate of drug-likeness (QED) is 0.0714. The first kappa shape index (κ1) is 36.8. The summed E-state index contributed by atoms with van der Waals surface area (Å²) in [5, 5.41) is 12.1. The minimum Gasteiger partial charge on any atom is -0.494 e. The predicted molar refractivity (Wildman–Crippen MR) is 197 cm³/mol. The smallest absolute Gasteiger partial charge is 0.325 e. The summed E-state index contributed by atoms with van der Waals surface area (Å²) in [5.74, 6) is -1.06. The average molecular weight is 739 g/mol. The third kappa shape index (κ3) is 6.95. The fraction of sp³-hybridized carbons (Fsp3) is 0.278. The summed E-state index contributed by atoms with van der Waals surface area (Å²) in [6, 6.07) is 9.59. The number of aromatic amines is 2. The van der Waals surface area contributed by atoms with Gasteiger partial charge in [-0.25, -0.2) is 9.97 Å². The highest BCUT2D eigenvalue weighted by molar-refractivity contribution is 6.04. The second-order valence-electron chi connectivity index (χ2n) is 12.4. The zero-order chi connectivity index (χ0) is 38.8. The summed E-state index contributed by atoms with van der Waals surface area (Å²) in [6.07, 6.45) is 3.68.